The second kappa shape index (κ2) is 6.79. The molecule has 1 aliphatic rings. The molecule has 4 rings (SSSR count). The first-order valence-corrected chi connectivity index (χ1v) is 8.86. The van der Waals surface area contributed by atoms with Gasteiger partial charge < -0.3 is 5.32 Å². The lowest BCUT2D eigenvalue weighted by Gasteiger charge is -2.16. The van der Waals surface area contributed by atoms with E-state index in [1.54, 1.807) is 18.2 Å². The molecule has 3 nitrogen and oxygen atoms in total. The standard InChI is InChI=1S/C19H16Cl2FN3/c20-16-6-1-12(9-17(16)21)11-25-18-7-8-23-10-15(18)19(24-25)13-2-4-14(22)5-3-13/h1-6,9,23H,7-8,10-11H2. The van der Waals surface area contributed by atoms with Gasteiger partial charge in [-0.3, -0.25) is 4.68 Å². The van der Waals surface area contributed by atoms with Crippen molar-refractivity contribution >= 4 is 23.2 Å². The van der Waals surface area contributed by atoms with Crippen molar-refractivity contribution in [2.45, 2.75) is 19.5 Å². The number of hydrogen-bond acceptors (Lipinski definition) is 2. The number of aromatic nitrogens is 2. The van der Waals surface area contributed by atoms with Gasteiger partial charge in [0.2, 0.25) is 0 Å². The van der Waals surface area contributed by atoms with Crippen molar-refractivity contribution in [2.75, 3.05) is 6.54 Å². The van der Waals surface area contributed by atoms with E-state index in [1.807, 2.05) is 16.8 Å². The fourth-order valence-electron chi connectivity index (χ4n) is 3.20. The van der Waals surface area contributed by atoms with Crippen molar-refractivity contribution in [3.63, 3.8) is 0 Å². The molecule has 2 heterocycles. The smallest absolute Gasteiger partial charge is 0.123 e. The van der Waals surface area contributed by atoms with Gasteiger partial charge in [0.05, 0.1) is 22.3 Å². The third-order valence-electron chi connectivity index (χ3n) is 4.44. The van der Waals surface area contributed by atoms with E-state index in [2.05, 4.69) is 5.32 Å². The maximum atomic E-state index is 13.2. The molecule has 0 fully saturated rings. The molecule has 0 atom stereocenters. The van der Waals surface area contributed by atoms with Crippen LogP contribution in [0.3, 0.4) is 0 Å². The van der Waals surface area contributed by atoms with E-state index in [9.17, 15) is 4.39 Å². The summed E-state index contributed by atoms with van der Waals surface area (Å²) >= 11 is 12.1. The Kier molecular flexibility index (Phi) is 4.50. The normalized spacial score (nSPS) is 13.7. The molecule has 0 aliphatic carbocycles. The van der Waals surface area contributed by atoms with E-state index >= 15 is 0 Å². The second-order valence-electron chi connectivity index (χ2n) is 6.11. The monoisotopic (exact) mass is 375 g/mol. The Morgan fingerprint density at radius 2 is 1.88 bits per heavy atom. The quantitative estimate of drug-likeness (QED) is 0.719. The Labute approximate surface area is 155 Å². The summed E-state index contributed by atoms with van der Waals surface area (Å²) in [4.78, 5) is 0. The van der Waals surface area contributed by atoms with E-state index < -0.39 is 0 Å². The summed E-state index contributed by atoms with van der Waals surface area (Å²) in [5, 5.41) is 9.30. The van der Waals surface area contributed by atoms with Crippen LogP contribution in [0.1, 0.15) is 16.8 Å². The minimum absolute atomic E-state index is 0.244. The van der Waals surface area contributed by atoms with Crippen molar-refractivity contribution in [2.24, 2.45) is 0 Å². The number of benzene rings is 2. The molecule has 0 radical (unpaired) electrons. The lowest BCUT2D eigenvalue weighted by atomic mass is 10.0. The zero-order valence-electron chi connectivity index (χ0n) is 13.4. The van der Waals surface area contributed by atoms with Gasteiger partial charge in [0.25, 0.3) is 0 Å². The van der Waals surface area contributed by atoms with E-state index in [0.717, 1.165) is 36.3 Å². The zero-order valence-corrected chi connectivity index (χ0v) is 14.9. The highest BCUT2D eigenvalue weighted by atomic mass is 35.5. The summed E-state index contributed by atoms with van der Waals surface area (Å²) in [6, 6.07) is 12.1. The Morgan fingerprint density at radius 1 is 1.08 bits per heavy atom. The number of nitrogens with zero attached hydrogens (tertiary/aromatic N) is 2. The summed E-state index contributed by atoms with van der Waals surface area (Å²) in [5.74, 6) is -0.244. The molecule has 6 heteroatoms. The summed E-state index contributed by atoms with van der Waals surface area (Å²) in [6.07, 6.45) is 0.908. The van der Waals surface area contributed by atoms with Crippen molar-refractivity contribution in [3.05, 3.63) is 75.1 Å². The van der Waals surface area contributed by atoms with Crippen LogP contribution in [0.5, 0.6) is 0 Å². The van der Waals surface area contributed by atoms with Gasteiger partial charge in [0.15, 0.2) is 0 Å². The summed E-state index contributed by atoms with van der Waals surface area (Å²) < 4.78 is 15.3. The molecule has 0 saturated carbocycles. The maximum Gasteiger partial charge on any atom is 0.123 e. The second-order valence-corrected chi connectivity index (χ2v) is 6.93. The molecule has 1 N–H and O–H groups in total. The van der Waals surface area contributed by atoms with Gasteiger partial charge in [-0.25, -0.2) is 4.39 Å². The predicted molar refractivity (Wildman–Crippen MR) is 98.6 cm³/mol. The van der Waals surface area contributed by atoms with Gasteiger partial charge >= 0.3 is 0 Å². The first kappa shape index (κ1) is 16.6. The highest BCUT2D eigenvalue weighted by Crippen LogP contribution is 2.29. The third kappa shape index (κ3) is 3.30. The Hall–Kier alpha value is -1.88. The fraction of sp³-hybridized carbons (Fsp3) is 0.211. The molecule has 2 aromatic carbocycles. The Morgan fingerprint density at radius 3 is 2.64 bits per heavy atom. The van der Waals surface area contributed by atoms with Gasteiger partial charge in [-0.05, 0) is 42.0 Å². The average Bonchev–Trinajstić information content (AvgIpc) is 2.98. The molecule has 1 aromatic heterocycles. The largest absolute Gasteiger partial charge is 0.312 e. The van der Waals surface area contributed by atoms with Gasteiger partial charge in [-0.15, -0.1) is 0 Å². The Balaban J connectivity index is 1.75. The van der Waals surface area contributed by atoms with Crippen LogP contribution < -0.4 is 5.32 Å². The Bertz CT molecular complexity index is 919. The predicted octanol–water partition coefficient (Wildman–Crippen LogP) is 4.69. The third-order valence-corrected chi connectivity index (χ3v) is 5.18. The van der Waals surface area contributed by atoms with Gasteiger partial charge in [0, 0.05) is 36.3 Å². The molecule has 0 bridgehead atoms. The average molecular weight is 376 g/mol. The van der Waals surface area contributed by atoms with E-state index in [1.165, 1.54) is 23.4 Å². The van der Waals surface area contributed by atoms with Crippen LogP contribution in [0.15, 0.2) is 42.5 Å². The van der Waals surface area contributed by atoms with E-state index in [4.69, 9.17) is 28.3 Å². The van der Waals surface area contributed by atoms with Crippen LogP contribution in [0.25, 0.3) is 11.3 Å². The first-order chi connectivity index (χ1) is 12.1. The summed E-state index contributed by atoms with van der Waals surface area (Å²) in [7, 11) is 0. The summed E-state index contributed by atoms with van der Waals surface area (Å²) in [6.45, 7) is 2.31. The molecule has 1 aliphatic heterocycles. The van der Waals surface area contributed by atoms with Crippen LogP contribution in [0, 0.1) is 5.82 Å². The molecule has 128 valence electrons. The first-order valence-electron chi connectivity index (χ1n) is 8.11. The minimum Gasteiger partial charge on any atom is -0.312 e. The molecule has 0 saturated heterocycles. The molecule has 0 unspecified atom stereocenters. The number of fused-ring (bicyclic) bond motifs is 1. The van der Waals surface area contributed by atoms with Crippen LogP contribution in [-0.2, 0) is 19.5 Å². The van der Waals surface area contributed by atoms with Gasteiger partial charge in [0.1, 0.15) is 5.82 Å². The van der Waals surface area contributed by atoms with Crippen molar-refractivity contribution < 1.29 is 4.39 Å². The van der Waals surface area contributed by atoms with Crippen molar-refractivity contribution in [1.82, 2.24) is 15.1 Å². The highest BCUT2D eigenvalue weighted by Gasteiger charge is 2.21. The van der Waals surface area contributed by atoms with Crippen LogP contribution in [0.4, 0.5) is 4.39 Å². The maximum absolute atomic E-state index is 13.2. The van der Waals surface area contributed by atoms with E-state index in [-0.39, 0.29) is 5.82 Å². The summed E-state index contributed by atoms with van der Waals surface area (Å²) in [5.41, 5.74) is 5.27. The highest BCUT2D eigenvalue weighted by molar-refractivity contribution is 6.42. The fourth-order valence-corrected chi connectivity index (χ4v) is 3.52. The van der Waals surface area contributed by atoms with Crippen molar-refractivity contribution in [3.8, 4) is 11.3 Å². The van der Waals surface area contributed by atoms with Crippen LogP contribution in [-0.4, -0.2) is 16.3 Å². The molecule has 25 heavy (non-hydrogen) atoms. The van der Waals surface area contributed by atoms with Crippen LogP contribution >= 0.6 is 23.2 Å². The molecule has 3 aromatic rings. The number of nitrogens with one attached hydrogen (secondary N) is 1. The molecular weight excluding hydrogens is 360 g/mol. The lowest BCUT2D eigenvalue weighted by molar-refractivity contribution is 0.582. The zero-order chi connectivity index (χ0) is 17.4. The number of hydrogen-bond donors (Lipinski definition) is 1. The van der Waals surface area contributed by atoms with Gasteiger partial charge in [-0.1, -0.05) is 29.3 Å². The number of halogens is 3. The van der Waals surface area contributed by atoms with Crippen LogP contribution in [0.2, 0.25) is 10.0 Å². The topological polar surface area (TPSA) is 29.9 Å². The van der Waals surface area contributed by atoms with Crippen molar-refractivity contribution in [1.29, 1.82) is 0 Å². The lowest BCUT2D eigenvalue weighted by Crippen LogP contribution is -2.25. The SMILES string of the molecule is Fc1ccc(-c2nn(Cc3ccc(Cl)c(Cl)c3)c3c2CNCC3)cc1. The molecule has 0 amide bonds. The number of rotatable bonds is 3. The van der Waals surface area contributed by atoms with Gasteiger partial charge in [-0.2, -0.15) is 5.10 Å². The molecular formula is C19H16Cl2FN3. The van der Waals surface area contributed by atoms with E-state index in [0.29, 0.717) is 16.6 Å². The minimum atomic E-state index is -0.244. The molecule has 0 spiro atoms.